The van der Waals surface area contributed by atoms with Crippen LogP contribution < -0.4 is 0 Å². The summed E-state index contributed by atoms with van der Waals surface area (Å²) in [5, 5.41) is 20.7. The van der Waals surface area contributed by atoms with Gasteiger partial charge in [-0.3, -0.25) is 0 Å². The molecule has 3 saturated carbocycles. The van der Waals surface area contributed by atoms with Crippen molar-refractivity contribution in [1.29, 1.82) is 0 Å². The summed E-state index contributed by atoms with van der Waals surface area (Å²) >= 11 is 0. The van der Waals surface area contributed by atoms with Gasteiger partial charge in [0, 0.05) is 0 Å². The van der Waals surface area contributed by atoms with Gasteiger partial charge in [0.15, 0.2) is 0 Å². The highest BCUT2D eigenvalue weighted by Crippen LogP contribution is 2.65. The second-order valence-electron chi connectivity index (χ2n) is 8.86. The number of hydrogen-bond donors (Lipinski definition) is 2. The molecule has 118 valence electrons. The zero-order chi connectivity index (χ0) is 14.8. The number of fused-ring (bicyclic) bond motifs is 5. The van der Waals surface area contributed by atoms with Crippen LogP contribution in [-0.4, -0.2) is 22.4 Å². The van der Waals surface area contributed by atoms with Crippen molar-refractivity contribution in [2.75, 3.05) is 0 Å². The average Bonchev–Trinajstić information content (AvgIpc) is 2.83. The van der Waals surface area contributed by atoms with E-state index >= 15 is 0 Å². The van der Waals surface area contributed by atoms with Crippen LogP contribution in [0.4, 0.5) is 0 Å². The fraction of sp³-hybridized carbons (Fsp3) is 0.895. The van der Waals surface area contributed by atoms with E-state index in [-0.39, 0.29) is 17.6 Å². The van der Waals surface area contributed by atoms with Crippen molar-refractivity contribution >= 4 is 0 Å². The molecule has 0 aromatic carbocycles. The van der Waals surface area contributed by atoms with Crippen LogP contribution in [0.5, 0.6) is 0 Å². The summed E-state index contributed by atoms with van der Waals surface area (Å²) < 4.78 is 0. The third kappa shape index (κ3) is 1.91. The van der Waals surface area contributed by atoms with E-state index < -0.39 is 0 Å². The van der Waals surface area contributed by atoms with Crippen molar-refractivity contribution in [3.8, 4) is 0 Å². The molecule has 0 aliphatic heterocycles. The Labute approximate surface area is 128 Å². The minimum absolute atomic E-state index is 0.144. The van der Waals surface area contributed by atoms with Gasteiger partial charge in [-0.2, -0.15) is 0 Å². The largest absolute Gasteiger partial charge is 0.389 e. The molecule has 0 radical (unpaired) electrons. The summed E-state index contributed by atoms with van der Waals surface area (Å²) in [5.74, 6) is 2.27. The van der Waals surface area contributed by atoms with Gasteiger partial charge in [0.1, 0.15) is 0 Å². The Morgan fingerprint density at radius 1 is 1.00 bits per heavy atom. The molecule has 0 amide bonds. The maximum absolute atomic E-state index is 10.8. The first kappa shape index (κ1) is 14.3. The lowest BCUT2D eigenvalue weighted by Gasteiger charge is -2.58. The maximum Gasteiger partial charge on any atom is 0.0759 e. The van der Waals surface area contributed by atoms with Crippen molar-refractivity contribution in [3.63, 3.8) is 0 Å². The molecule has 4 aliphatic rings. The SMILES string of the molecule is C[C@@]12CCC[C@@H]1[C@@H]1C[C@H](O)C3=C[C@@H](O)CC[C@]3(C)[C@H]1CC2. The Morgan fingerprint density at radius 3 is 2.62 bits per heavy atom. The lowest BCUT2D eigenvalue weighted by atomic mass is 9.47. The van der Waals surface area contributed by atoms with E-state index in [9.17, 15) is 10.2 Å². The summed E-state index contributed by atoms with van der Waals surface area (Å²) in [6.45, 7) is 4.88. The maximum atomic E-state index is 10.8. The zero-order valence-electron chi connectivity index (χ0n) is 13.5. The second kappa shape index (κ2) is 4.58. The van der Waals surface area contributed by atoms with Crippen LogP contribution in [0.25, 0.3) is 0 Å². The van der Waals surface area contributed by atoms with E-state index in [4.69, 9.17) is 0 Å². The molecular formula is C19H30O2. The summed E-state index contributed by atoms with van der Waals surface area (Å²) in [4.78, 5) is 0. The molecule has 0 saturated heterocycles. The van der Waals surface area contributed by atoms with Gasteiger partial charge in [0.25, 0.3) is 0 Å². The predicted molar refractivity (Wildman–Crippen MR) is 83.7 cm³/mol. The molecule has 3 fully saturated rings. The van der Waals surface area contributed by atoms with Crippen molar-refractivity contribution in [1.82, 2.24) is 0 Å². The monoisotopic (exact) mass is 290 g/mol. The van der Waals surface area contributed by atoms with Crippen LogP contribution >= 0.6 is 0 Å². The first-order chi connectivity index (χ1) is 9.94. The summed E-state index contributed by atoms with van der Waals surface area (Å²) in [6, 6.07) is 0. The van der Waals surface area contributed by atoms with Gasteiger partial charge in [-0.05, 0) is 79.1 Å². The Hall–Kier alpha value is -0.340. The lowest BCUT2D eigenvalue weighted by molar-refractivity contribution is -0.0722. The van der Waals surface area contributed by atoms with E-state index in [0.29, 0.717) is 11.3 Å². The van der Waals surface area contributed by atoms with Crippen molar-refractivity contribution in [2.45, 2.75) is 77.4 Å². The first-order valence-corrected chi connectivity index (χ1v) is 9.02. The van der Waals surface area contributed by atoms with Gasteiger partial charge in [-0.1, -0.05) is 26.3 Å². The Balaban J connectivity index is 1.72. The quantitative estimate of drug-likeness (QED) is 0.668. The van der Waals surface area contributed by atoms with Crippen LogP contribution in [0.15, 0.2) is 11.6 Å². The Morgan fingerprint density at radius 2 is 1.81 bits per heavy atom. The first-order valence-electron chi connectivity index (χ1n) is 9.02. The average molecular weight is 290 g/mol. The third-order valence-electron chi connectivity index (χ3n) is 7.88. The molecule has 2 nitrogen and oxygen atoms in total. The summed E-state index contributed by atoms with van der Waals surface area (Å²) in [5.41, 5.74) is 1.86. The van der Waals surface area contributed by atoms with E-state index in [1.165, 1.54) is 37.7 Å². The molecular weight excluding hydrogens is 260 g/mol. The van der Waals surface area contributed by atoms with E-state index in [1.54, 1.807) is 0 Å². The number of rotatable bonds is 0. The van der Waals surface area contributed by atoms with Gasteiger partial charge in [0.05, 0.1) is 12.2 Å². The molecule has 21 heavy (non-hydrogen) atoms. The standard InChI is InChI=1S/C19H30O2/c1-18-7-3-4-14(18)13-11-17(21)16-10-12(20)5-9-19(16,2)15(13)6-8-18/h10,12-15,17,20-21H,3-9,11H2,1-2H3/t12-,13-,14+,15-,17-,18-,19+/m0/s1. The molecule has 0 unspecified atom stereocenters. The normalized spacial score (nSPS) is 56.2. The Kier molecular flexibility index (Phi) is 3.11. The van der Waals surface area contributed by atoms with Crippen molar-refractivity contribution in [3.05, 3.63) is 11.6 Å². The number of aliphatic hydroxyl groups is 2. The predicted octanol–water partition coefficient (Wildman–Crippen LogP) is 3.67. The van der Waals surface area contributed by atoms with E-state index in [2.05, 4.69) is 13.8 Å². The summed E-state index contributed by atoms with van der Waals surface area (Å²) in [7, 11) is 0. The molecule has 4 rings (SSSR count). The molecule has 0 bridgehead atoms. The minimum atomic E-state index is -0.334. The minimum Gasteiger partial charge on any atom is -0.389 e. The molecule has 4 aliphatic carbocycles. The van der Waals surface area contributed by atoms with Gasteiger partial charge in [0.2, 0.25) is 0 Å². The van der Waals surface area contributed by atoms with Crippen LogP contribution in [0.3, 0.4) is 0 Å². The molecule has 0 heterocycles. The lowest BCUT2D eigenvalue weighted by Crippen LogP contribution is -2.53. The molecule has 0 aromatic heterocycles. The van der Waals surface area contributed by atoms with Crippen molar-refractivity contribution in [2.24, 2.45) is 28.6 Å². The topological polar surface area (TPSA) is 40.5 Å². The van der Waals surface area contributed by atoms with Crippen LogP contribution in [-0.2, 0) is 0 Å². The molecule has 0 aromatic rings. The summed E-state index contributed by atoms with van der Waals surface area (Å²) in [6.07, 6.45) is 11.1. The number of aliphatic hydroxyl groups excluding tert-OH is 2. The van der Waals surface area contributed by atoms with Crippen molar-refractivity contribution < 1.29 is 10.2 Å². The Bertz CT molecular complexity index is 470. The second-order valence-corrected chi connectivity index (χ2v) is 8.86. The number of hydrogen-bond acceptors (Lipinski definition) is 2. The molecule has 2 heteroatoms. The van der Waals surface area contributed by atoms with Crippen LogP contribution in [0.2, 0.25) is 0 Å². The highest BCUT2D eigenvalue weighted by molar-refractivity contribution is 5.28. The van der Waals surface area contributed by atoms with Gasteiger partial charge in [-0.25, -0.2) is 0 Å². The highest BCUT2D eigenvalue weighted by atomic mass is 16.3. The smallest absolute Gasteiger partial charge is 0.0759 e. The zero-order valence-corrected chi connectivity index (χ0v) is 13.5. The van der Waals surface area contributed by atoms with Gasteiger partial charge < -0.3 is 10.2 Å². The molecule has 7 atom stereocenters. The van der Waals surface area contributed by atoms with E-state index in [1.807, 2.05) is 6.08 Å². The third-order valence-corrected chi connectivity index (χ3v) is 7.88. The van der Waals surface area contributed by atoms with Crippen LogP contribution in [0, 0.1) is 28.6 Å². The van der Waals surface area contributed by atoms with E-state index in [0.717, 1.165) is 31.1 Å². The molecule has 0 spiro atoms. The fourth-order valence-corrected chi connectivity index (χ4v) is 6.75. The van der Waals surface area contributed by atoms with Gasteiger partial charge in [-0.15, -0.1) is 0 Å². The van der Waals surface area contributed by atoms with Gasteiger partial charge >= 0.3 is 0 Å². The molecule has 2 N–H and O–H groups in total. The fourth-order valence-electron chi connectivity index (χ4n) is 6.75. The highest BCUT2D eigenvalue weighted by Gasteiger charge is 2.57. The van der Waals surface area contributed by atoms with Crippen LogP contribution in [0.1, 0.15) is 65.2 Å².